The van der Waals surface area contributed by atoms with E-state index in [-0.39, 0.29) is 12.6 Å². The first-order chi connectivity index (χ1) is 12.2. The molecule has 0 N–H and O–H groups in total. The van der Waals surface area contributed by atoms with Crippen LogP contribution in [0.2, 0.25) is 0 Å². The van der Waals surface area contributed by atoms with Gasteiger partial charge in [0.1, 0.15) is 19.0 Å². The number of carbonyl (C=O) groups is 1. The number of halogens is 1. The molecule has 0 radical (unpaired) electrons. The molecule has 3 nitrogen and oxygen atoms in total. The number of esters is 1. The number of rotatable bonds is 6. The monoisotopic (exact) mass is 396 g/mol. The Bertz CT molecular complexity index is 847. The van der Waals surface area contributed by atoms with Crippen molar-refractivity contribution in [2.75, 3.05) is 13.2 Å². The predicted octanol–water partition coefficient (Wildman–Crippen LogP) is 5.35. The zero-order valence-corrected chi connectivity index (χ0v) is 15.1. The summed E-state index contributed by atoms with van der Waals surface area (Å²) >= 11 is 3.39. The van der Waals surface area contributed by atoms with E-state index < -0.39 is 0 Å². The third-order valence-corrected chi connectivity index (χ3v) is 4.11. The highest BCUT2D eigenvalue weighted by Crippen LogP contribution is 2.24. The van der Waals surface area contributed by atoms with Crippen LogP contribution in [0.25, 0.3) is 11.1 Å². The molecule has 0 saturated carbocycles. The lowest BCUT2D eigenvalue weighted by Gasteiger charge is -2.11. The fourth-order valence-electron chi connectivity index (χ4n) is 2.46. The number of hydrogen-bond acceptors (Lipinski definition) is 3. The van der Waals surface area contributed by atoms with Crippen LogP contribution in [0, 0.1) is 0 Å². The van der Waals surface area contributed by atoms with E-state index in [4.69, 9.17) is 9.47 Å². The summed E-state index contributed by atoms with van der Waals surface area (Å²) in [7, 11) is 0. The van der Waals surface area contributed by atoms with Crippen LogP contribution in [0.5, 0.6) is 5.75 Å². The van der Waals surface area contributed by atoms with Gasteiger partial charge in [-0.15, -0.1) is 0 Å². The number of carbonyl (C=O) groups excluding carboxylic acids is 1. The summed E-state index contributed by atoms with van der Waals surface area (Å²) < 4.78 is 11.9. The molecule has 0 aliphatic rings. The number of benzene rings is 3. The molecule has 3 aromatic carbocycles. The molecule has 0 fully saturated rings. The first-order valence-corrected chi connectivity index (χ1v) is 8.73. The molecule has 0 aromatic heterocycles. The van der Waals surface area contributed by atoms with E-state index >= 15 is 0 Å². The minimum Gasteiger partial charge on any atom is -0.490 e. The average molecular weight is 397 g/mol. The Hall–Kier alpha value is -2.59. The molecule has 0 spiro atoms. The quantitative estimate of drug-likeness (QED) is 0.416. The normalized spacial score (nSPS) is 10.3. The molecule has 0 aliphatic carbocycles. The second kappa shape index (κ2) is 8.49. The van der Waals surface area contributed by atoms with E-state index in [0.29, 0.717) is 12.2 Å². The van der Waals surface area contributed by atoms with E-state index in [1.165, 1.54) is 0 Å². The van der Waals surface area contributed by atoms with Gasteiger partial charge in [-0.1, -0.05) is 70.5 Å². The summed E-state index contributed by atoms with van der Waals surface area (Å²) in [6.45, 7) is 0.490. The molecule has 0 saturated heterocycles. The Morgan fingerprint density at radius 3 is 2.40 bits per heavy atom. The number of ether oxygens (including phenoxy) is 2. The first kappa shape index (κ1) is 17.2. The van der Waals surface area contributed by atoms with Gasteiger partial charge >= 0.3 is 5.97 Å². The van der Waals surface area contributed by atoms with Gasteiger partial charge in [0, 0.05) is 4.47 Å². The minimum atomic E-state index is -0.350. The van der Waals surface area contributed by atoms with Crippen molar-refractivity contribution in [2.45, 2.75) is 0 Å². The van der Waals surface area contributed by atoms with Crippen molar-refractivity contribution in [1.29, 1.82) is 0 Å². The molecule has 25 heavy (non-hydrogen) atoms. The van der Waals surface area contributed by atoms with Gasteiger partial charge in [-0.05, 0) is 35.4 Å². The van der Waals surface area contributed by atoms with Crippen LogP contribution in [-0.4, -0.2) is 19.2 Å². The molecule has 3 aromatic rings. The predicted molar refractivity (Wildman–Crippen MR) is 102 cm³/mol. The van der Waals surface area contributed by atoms with Gasteiger partial charge < -0.3 is 9.47 Å². The lowest BCUT2D eigenvalue weighted by Crippen LogP contribution is -2.13. The van der Waals surface area contributed by atoms with Crippen molar-refractivity contribution >= 4 is 21.9 Å². The van der Waals surface area contributed by atoms with E-state index in [2.05, 4.69) is 15.9 Å². The Kier molecular flexibility index (Phi) is 5.86. The fourth-order valence-corrected chi connectivity index (χ4v) is 2.84. The highest BCUT2D eigenvalue weighted by atomic mass is 79.9. The zero-order chi connectivity index (χ0) is 17.5. The molecule has 126 valence electrons. The maximum absolute atomic E-state index is 12.4. The van der Waals surface area contributed by atoms with Gasteiger partial charge in [0.2, 0.25) is 0 Å². The van der Waals surface area contributed by atoms with Crippen molar-refractivity contribution in [2.24, 2.45) is 0 Å². The zero-order valence-electron chi connectivity index (χ0n) is 13.5. The standard InChI is InChI=1S/C21H17BrO3/c22-17-9-6-10-18(15-17)24-13-14-25-21(23)20-12-5-4-11-19(20)16-7-2-1-3-8-16/h1-12,15H,13-14H2. The number of hydrogen-bond donors (Lipinski definition) is 0. The minimum absolute atomic E-state index is 0.189. The van der Waals surface area contributed by atoms with Gasteiger partial charge in [0.15, 0.2) is 0 Å². The van der Waals surface area contributed by atoms with Crippen LogP contribution in [-0.2, 0) is 4.74 Å². The molecule has 0 heterocycles. The third-order valence-electron chi connectivity index (χ3n) is 3.61. The summed E-state index contributed by atoms with van der Waals surface area (Å²) in [6.07, 6.45) is 0. The van der Waals surface area contributed by atoms with E-state index in [1.54, 1.807) is 6.07 Å². The highest BCUT2D eigenvalue weighted by molar-refractivity contribution is 9.10. The summed E-state index contributed by atoms with van der Waals surface area (Å²) in [5, 5.41) is 0. The van der Waals surface area contributed by atoms with Gasteiger partial charge in [-0.25, -0.2) is 4.79 Å². The molecule has 0 bridgehead atoms. The van der Waals surface area contributed by atoms with E-state index in [0.717, 1.165) is 21.3 Å². The van der Waals surface area contributed by atoms with Crippen molar-refractivity contribution < 1.29 is 14.3 Å². The SMILES string of the molecule is O=C(OCCOc1cccc(Br)c1)c1ccccc1-c1ccccc1. The van der Waals surface area contributed by atoms with Crippen LogP contribution < -0.4 is 4.74 Å². The first-order valence-electron chi connectivity index (χ1n) is 7.94. The van der Waals surface area contributed by atoms with Gasteiger partial charge in [-0.3, -0.25) is 0 Å². The lowest BCUT2D eigenvalue weighted by molar-refractivity contribution is 0.0451. The molecule has 0 amide bonds. The van der Waals surface area contributed by atoms with Crippen LogP contribution in [0.15, 0.2) is 83.3 Å². The molecule has 3 rings (SSSR count). The van der Waals surface area contributed by atoms with Crippen LogP contribution in [0.4, 0.5) is 0 Å². The molecular formula is C21H17BrO3. The second-order valence-corrected chi connectivity index (χ2v) is 6.27. The lowest BCUT2D eigenvalue weighted by atomic mass is 10.00. The van der Waals surface area contributed by atoms with Crippen LogP contribution in [0.1, 0.15) is 10.4 Å². The Balaban J connectivity index is 1.60. The van der Waals surface area contributed by atoms with Gasteiger partial charge in [-0.2, -0.15) is 0 Å². The maximum Gasteiger partial charge on any atom is 0.338 e. The molecule has 4 heteroatoms. The highest BCUT2D eigenvalue weighted by Gasteiger charge is 2.13. The van der Waals surface area contributed by atoms with Crippen molar-refractivity contribution in [1.82, 2.24) is 0 Å². The fraction of sp³-hybridized carbons (Fsp3) is 0.0952. The largest absolute Gasteiger partial charge is 0.490 e. The van der Waals surface area contributed by atoms with E-state index in [9.17, 15) is 4.79 Å². The maximum atomic E-state index is 12.4. The summed E-state index contributed by atoms with van der Waals surface area (Å²) in [5.74, 6) is 0.382. The third kappa shape index (κ3) is 4.70. The van der Waals surface area contributed by atoms with Gasteiger partial charge in [0.05, 0.1) is 5.56 Å². The molecule has 0 unspecified atom stereocenters. The second-order valence-electron chi connectivity index (χ2n) is 5.35. The smallest absolute Gasteiger partial charge is 0.338 e. The molecule has 0 aliphatic heterocycles. The van der Waals surface area contributed by atoms with Gasteiger partial charge in [0.25, 0.3) is 0 Å². The summed E-state index contributed by atoms with van der Waals surface area (Å²) in [5.41, 5.74) is 2.40. The van der Waals surface area contributed by atoms with Crippen LogP contribution >= 0.6 is 15.9 Å². The topological polar surface area (TPSA) is 35.5 Å². The average Bonchev–Trinajstić information content (AvgIpc) is 2.66. The van der Waals surface area contributed by atoms with Crippen molar-refractivity contribution in [3.05, 3.63) is 88.9 Å². The van der Waals surface area contributed by atoms with E-state index in [1.807, 2.05) is 72.8 Å². The molecule has 0 atom stereocenters. The van der Waals surface area contributed by atoms with Crippen molar-refractivity contribution in [3.63, 3.8) is 0 Å². The van der Waals surface area contributed by atoms with Crippen molar-refractivity contribution in [3.8, 4) is 16.9 Å². The Labute approximate surface area is 155 Å². The van der Waals surface area contributed by atoms with Crippen LogP contribution in [0.3, 0.4) is 0 Å². The summed E-state index contributed by atoms with van der Waals surface area (Å²) in [4.78, 5) is 12.4. The summed E-state index contributed by atoms with van der Waals surface area (Å²) in [6, 6.07) is 24.8. The Morgan fingerprint density at radius 1 is 0.840 bits per heavy atom. The molecular weight excluding hydrogens is 380 g/mol. The Morgan fingerprint density at radius 2 is 1.60 bits per heavy atom.